The largest absolute Gasteiger partial charge is 0.467 e. The van der Waals surface area contributed by atoms with Crippen LogP contribution in [0.3, 0.4) is 0 Å². The smallest absolute Gasteiger partial charge is 0.250 e. The van der Waals surface area contributed by atoms with Crippen molar-refractivity contribution in [2.75, 3.05) is 6.54 Å². The Labute approximate surface area is 191 Å². The number of nitrogens with zero attached hydrogens (tertiary/aromatic N) is 4. The molecule has 0 saturated heterocycles. The van der Waals surface area contributed by atoms with Crippen LogP contribution in [0, 0.1) is 5.92 Å². The fourth-order valence-electron chi connectivity index (χ4n) is 3.60. The average molecular weight is 450 g/mol. The van der Waals surface area contributed by atoms with Gasteiger partial charge in [-0.25, -0.2) is 4.68 Å². The molecule has 9 heteroatoms. The van der Waals surface area contributed by atoms with Crippen molar-refractivity contribution in [3.05, 3.63) is 72.6 Å². The predicted molar refractivity (Wildman–Crippen MR) is 121 cm³/mol. The van der Waals surface area contributed by atoms with E-state index in [0.29, 0.717) is 29.5 Å². The normalized spacial score (nSPS) is 12.2. The number of carbonyl (C=O) groups is 2. The number of hydrogen-bond donors (Lipinski definition) is 1. The van der Waals surface area contributed by atoms with Gasteiger partial charge in [0.1, 0.15) is 23.6 Å². The first-order valence-electron chi connectivity index (χ1n) is 10.9. The topological polar surface area (TPSA) is 106 Å². The molecule has 9 nitrogen and oxygen atoms in total. The number of carbonyl (C=O) groups excluding carboxylic acids is 2. The molecule has 1 N–H and O–H groups in total. The lowest BCUT2D eigenvalue weighted by Gasteiger charge is -2.29. The fraction of sp³-hybridized carbons (Fsp3) is 0.333. The molecule has 3 aromatic heterocycles. The van der Waals surface area contributed by atoms with Crippen molar-refractivity contribution in [1.29, 1.82) is 0 Å². The molecule has 4 aromatic rings. The zero-order valence-electron chi connectivity index (χ0n) is 18.7. The summed E-state index contributed by atoms with van der Waals surface area (Å²) >= 11 is 0. The van der Waals surface area contributed by atoms with Gasteiger partial charge in [-0.05, 0) is 48.7 Å². The van der Waals surface area contributed by atoms with Gasteiger partial charge in [-0.3, -0.25) is 9.59 Å². The molecule has 0 bridgehead atoms. The quantitative estimate of drug-likeness (QED) is 0.397. The van der Waals surface area contributed by atoms with Crippen LogP contribution in [0.15, 0.2) is 69.9 Å². The number of para-hydroxylation sites is 1. The van der Waals surface area contributed by atoms with Gasteiger partial charge in [0.25, 0.3) is 5.91 Å². The van der Waals surface area contributed by atoms with Gasteiger partial charge in [-0.2, -0.15) is 0 Å². The summed E-state index contributed by atoms with van der Waals surface area (Å²) in [6, 6.07) is 13.3. The van der Waals surface area contributed by atoms with Gasteiger partial charge in [-0.1, -0.05) is 31.2 Å². The molecule has 0 radical (unpaired) electrons. The number of aromatic nitrogens is 3. The van der Waals surface area contributed by atoms with E-state index in [-0.39, 0.29) is 24.9 Å². The minimum atomic E-state index is -0.959. The van der Waals surface area contributed by atoms with E-state index in [2.05, 4.69) is 29.5 Å². The second kappa shape index (κ2) is 10.2. The highest BCUT2D eigenvalue weighted by Crippen LogP contribution is 2.25. The van der Waals surface area contributed by atoms with Crippen molar-refractivity contribution in [3.63, 3.8) is 0 Å². The van der Waals surface area contributed by atoms with E-state index in [9.17, 15) is 9.59 Å². The van der Waals surface area contributed by atoms with Crippen molar-refractivity contribution in [2.24, 2.45) is 5.92 Å². The van der Waals surface area contributed by atoms with Crippen molar-refractivity contribution in [2.45, 2.75) is 39.4 Å². The number of furan rings is 2. The van der Waals surface area contributed by atoms with Gasteiger partial charge in [0.05, 0.1) is 24.6 Å². The highest BCUT2D eigenvalue weighted by atomic mass is 16.3. The second-order valence-electron chi connectivity index (χ2n) is 8.23. The van der Waals surface area contributed by atoms with Crippen LogP contribution in [0.5, 0.6) is 0 Å². The van der Waals surface area contributed by atoms with Crippen LogP contribution in [-0.2, 0) is 22.7 Å². The summed E-state index contributed by atoms with van der Waals surface area (Å²) in [6.07, 6.45) is 3.85. The summed E-state index contributed by atoms with van der Waals surface area (Å²) in [7, 11) is 0. The van der Waals surface area contributed by atoms with Gasteiger partial charge in [0.2, 0.25) is 5.91 Å². The van der Waals surface area contributed by atoms with Gasteiger partial charge in [-0.15, -0.1) is 5.10 Å². The molecule has 2 amide bonds. The van der Waals surface area contributed by atoms with E-state index in [4.69, 9.17) is 8.83 Å². The molecule has 1 atom stereocenters. The van der Waals surface area contributed by atoms with Crippen molar-refractivity contribution in [3.8, 4) is 0 Å². The minimum Gasteiger partial charge on any atom is -0.467 e. The molecule has 3 heterocycles. The monoisotopic (exact) mass is 449 g/mol. The molecule has 0 aliphatic carbocycles. The first-order chi connectivity index (χ1) is 16.0. The number of fused-ring (bicyclic) bond motifs is 1. The lowest BCUT2D eigenvalue weighted by atomic mass is 10.1. The van der Waals surface area contributed by atoms with E-state index >= 15 is 0 Å². The molecule has 0 saturated carbocycles. The fourth-order valence-corrected chi connectivity index (χ4v) is 3.60. The van der Waals surface area contributed by atoms with Crippen molar-refractivity contribution >= 4 is 22.8 Å². The molecule has 4 rings (SSSR count). The minimum absolute atomic E-state index is 0.0856. The van der Waals surface area contributed by atoms with Gasteiger partial charge < -0.3 is 19.1 Å². The summed E-state index contributed by atoms with van der Waals surface area (Å²) in [5.74, 6) is 0.740. The molecule has 172 valence electrons. The zero-order chi connectivity index (χ0) is 23.2. The lowest BCUT2D eigenvalue weighted by Crippen LogP contribution is -2.44. The van der Waals surface area contributed by atoms with Crippen LogP contribution in [0.25, 0.3) is 11.0 Å². The highest BCUT2D eigenvalue weighted by molar-refractivity contribution is 5.88. The maximum absolute atomic E-state index is 13.6. The Balaban J connectivity index is 1.64. The van der Waals surface area contributed by atoms with Crippen LogP contribution >= 0.6 is 0 Å². The SMILES string of the molecule is CC(C)CCNC(=O)[C@@H](c1ccco1)N(Cc1ccco1)C(=O)Cn1nnc2ccccc21. The molecule has 33 heavy (non-hydrogen) atoms. The van der Waals surface area contributed by atoms with E-state index < -0.39 is 6.04 Å². The summed E-state index contributed by atoms with van der Waals surface area (Å²) < 4.78 is 12.6. The Kier molecular flexibility index (Phi) is 6.87. The van der Waals surface area contributed by atoms with E-state index in [1.807, 2.05) is 24.3 Å². The number of benzene rings is 1. The summed E-state index contributed by atoms with van der Waals surface area (Å²) in [5.41, 5.74) is 1.43. The van der Waals surface area contributed by atoms with Gasteiger partial charge in [0, 0.05) is 6.54 Å². The predicted octanol–water partition coefficient (Wildman–Crippen LogP) is 3.55. The zero-order valence-corrected chi connectivity index (χ0v) is 18.7. The number of nitrogens with one attached hydrogen (secondary N) is 1. The maximum atomic E-state index is 13.6. The Bertz CT molecular complexity index is 1180. The Morgan fingerprint density at radius 3 is 2.58 bits per heavy atom. The van der Waals surface area contributed by atoms with E-state index in [0.717, 1.165) is 11.9 Å². The summed E-state index contributed by atoms with van der Waals surface area (Å²) in [6.45, 7) is 4.69. The Morgan fingerprint density at radius 1 is 1.06 bits per heavy atom. The van der Waals surface area contributed by atoms with Crippen LogP contribution in [0.1, 0.15) is 37.8 Å². The highest BCUT2D eigenvalue weighted by Gasteiger charge is 2.34. The van der Waals surface area contributed by atoms with Gasteiger partial charge >= 0.3 is 0 Å². The van der Waals surface area contributed by atoms with Crippen molar-refractivity contribution < 1.29 is 18.4 Å². The number of rotatable bonds is 10. The maximum Gasteiger partial charge on any atom is 0.250 e. The standard InChI is InChI=1S/C24H27N5O4/c1-17(2)11-12-25-24(31)23(21-10-6-14-33-21)28(15-18-7-5-13-32-18)22(30)16-29-20-9-4-3-8-19(20)26-27-29/h3-10,13-14,17,23H,11-12,15-16H2,1-2H3,(H,25,31)/t23-/m1/s1. The molecule has 0 spiro atoms. The summed E-state index contributed by atoms with van der Waals surface area (Å²) in [5, 5.41) is 11.2. The van der Waals surface area contributed by atoms with Crippen molar-refractivity contribution in [1.82, 2.24) is 25.2 Å². The third-order valence-corrected chi connectivity index (χ3v) is 5.33. The number of hydrogen-bond acceptors (Lipinski definition) is 6. The molecular formula is C24H27N5O4. The Morgan fingerprint density at radius 2 is 1.85 bits per heavy atom. The molecule has 0 fully saturated rings. The van der Waals surface area contributed by atoms with E-state index in [1.54, 1.807) is 24.3 Å². The third kappa shape index (κ3) is 5.31. The second-order valence-corrected chi connectivity index (χ2v) is 8.23. The van der Waals surface area contributed by atoms with Crippen LogP contribution in [-0.4, -0.2) is 38.3 Å². The first-order valence-corrected chi connectivity index (χ1v) is 10.9. The third-order valence-electron chi connectivity index (χ3n) is 5.33. The molecular weight excluding hydrogens is 422 g/mol. The summed E-state index contributed by atoms with van der Waals surface area (Å²) in [4.78, 5) is 28.3. The van der Waals surface area contributed by atoms with Crippen LogP contribution < -0.4 is 5.32 Å². The lowest BCUT2D eigenvalue weighted by molar-refractivity contribution is -0.143. The molecule has 0 aliphatic heterocycles. The van der Waals surface area contributed by atoms with Gasteiger partial charge in [0.15, 0.2) is 6.04 Å². The molecule has 0 aliphatic rings. The van der Waals surface area contributed by atoms with Crippen LogP contribution in [0.2, 0.25) is 0 Å². The number of amides is 2. The average Bonchev–Trinajstić information content (AvgIpc) is 3.56. The molecule has 1 aromatic carbocycles. The van der Waals surface area contributed by atoms with E-state index in [1.165, 1.54) is 22.1 Å². The Hall–Kier alpha value is -3.88. The molecule has 0 unspecified atom stereocenters. The first kappa shape index (κ1) is 22.3. The van der Waals surface area contributed by atoms with Crippen LogP contribution in [0.4, 0.5) is 0 Å².